The Balaban J connectivity index is 1.68. The first-order valence-electron chi connectivity index (χ1n) is 12.5. The maximum absolute atomic E-state index is 13.1. The summed E-state index contributed by atoms with van der Waals surface area (Å²) in [6, 6.07) is 16.2. The van der Waals surface area contributed by atoms with Gasteiger partial charge < -0.3 is 9.80 Å². The van der Waals surface area contributed by atoms with Gasteiger partial charge in [0.25, 0.3) is 0 Å². The molecule has 0 spiro atoms. The highest BCUT2D eigenvalue weighted by molar-refractivity contribution is 5.94. The highest BCUT2D eigenvalue weighted by atomic mass is 16.2. The van der Waals surface area contributed by atoms with Crippen molar-refractivity contribution in [1.82, 2.24) is 14.5 Å². The van der Waals surface area contributed by atoms with Crippen LogP contribution < -0.4 is 5.43 Å². The molecule has 0 bridgehead atoms. The molecule has 2 heterocycles. The van der Waals surface area contributed by atoms with E-state index in [0.29, 0.717) is 30.6 Å². The van der Waals surface area contributed by atoms with E-state index in [0.717, 1.165) is 29.7 Å². The summed E-state index contributed by atoms with van der Waals surface area (Å²) in [5.41, 5.74) is 9.05. The van der Waals surface area contributed by atoms with Gasteiger partial charge in [-0.15, -0.1) is 0 Å². The zero-order chi connectivity index (χ0) is 24.5. The number of amides is 2. The van der Waals surface area contributed by atoms with Gasteiger partial charge >= 0.3 is 6.03 Å². The number of likely N-dealkylation sites (N-methyl/N-ethyl adjacent to an activating group) is 1. The van der Waals surface area contributed by atoms with Gasteiger partial charge in [0, 0.05) is 36.0 Å². The third-order valence-electron chi connectivity index (χ3n) is 7.59. The smallest absolute Gasteiger partial charge is 0.324 e. The summed E-state index contributed by atoms with van der Waals surface area (Å²) in [7, 11) is 2.23. The van der Waals surface area contributed by atoms with Gasteiger partial charge in [0.2, 0.25) is 0 Å². The second kappa shape index (κ2) is 9.49. The molecular formula is C29H31N5O. The number of hydrogen-bond donors (Lipinski definition) is 1. The minimum atomic E-state index is -0.126. The maximum Gasteiger partial charge on any atom is 0.336 e. The lowest BCUT2D eigenvalue weighted by atomic mass is 9.75. The van der Waals surface area contributed by atoms with Crippen LogP contribution in [0.25, 0.3) is 10.9 Å². The molecule has 6 nitrogen and oxygen atoms in total. The Hall–Kier alpha value is -3.74. The van der Waals surface area contributed by atoms with Crippen LogP contribution in [0.4, 0.5) is 4.79 Å². The molecule has 2 aromatic carbocycles. The van der Waals surface area contributed by atoms with Gasteiger partial charge in [0.1, 0.15) is 5.69 Å². The number of likely N-dealkylation sites (tertiary alicyclic amines) is 1. The Bertz CT molecular complexity index is 1360. The second-order valence-electron chi connectivity index (χ2n) is 9.43. The average Bonchev–Trinajstić information content (AvgIpc) is 3.17. The maximum atomic E-state index is 13.1. The van der Waals surface area contributed by atoms with Crippen LogP contribution in [0.1, 0.15) is 60.6 Å². The third-order valence-corrected chi connectivity index (χ3v) is 7.59. The number of carbonyl (C=O) groups is 1. The molecule has 1 saturated heterocycles. The average molecular weight is 466 g/mol. The van der Waals surface area contributed by atoms with E-state index in [2.05, 4.69) is 53.5 Å². The Kier molecular flexibility index (Phi) is 6.24. The predicted molar refractivity (Wildman–Crippen MR) is 139 cm³/mol. The summed E-state index contributed by atoms with van der Waals surface area (Å²) in [5.74, 6) is 7.19. The summed E-state index contributed by atoms with van der Waals surface area (Å²) in [4.78, 5) is 17.4. The van der Waals surface area contributed by atoms with E-state index < -0.39 is 0 Å². The van der Waals surface area contributed by atoms with E-state index in [-0.39, 0.29) is 6.03 Å². The Morgan fingerprint density at radius 3 is 2.57 bits per heavy atom. The Morgan fingerprint density at radius 1 is 1.11 bits per heavy atom. The zero-order valence-electron chi connectivity index (χ0n) is 20.6. The monoisotopic (exact) mass is 465 g/mol. The fourth-order valence-electron chi connectivity index (χ4n) is 5.73. The molecule has 0 radical (unpaired) electrons. The van der Waals surface area contributed by atoms with E-state index in [1.807, 2.05) is 30.7 Å². The Labute approximate surface area is 207 Å². The van der Waals surface area contributed by atoms with Gasteiger partial charge in [-0.05, 0) is 94.1 Å². The van der Waals surface area contributed by atoms with Gasteiger partial charge in [0.15, 0.2) is 0 Å². The standard InChI is InChI=1S/C29H31N5O/c1-4-33(5-2)29(35)31-34-25(16-15-20-11-13-21(19-30)14-12-20)24-18-27-22(9-7-17-32(27)3)23-8-6-10-26(34)28(23)24/h6,8,10-14,22,27H,4-5,7,9,17-18H2,1-3H3,(H,31,35)/t22-,27-/m1/s1. The van der Waals surface area contributed by atoms with Gasteiger partial charge in [-0.2, -0.15) is 5.26 Å². The summed E-state index contributed by atoms with van der Waals surface area (Å²) in [5, 5.41) is 10.3. The summed E-state index contributed by atoms with van der Waals surface area (Å²) in [6.45, 7) is 6.36. The number of piperidine rings is 1. The number of rotatable bonds is 3. The van der Waals surface area contributed by atoms with Crippen LogP contribution in [-0.4, -0.2) is 53.2 Å². The molecule has 3 aromatic rings. The molecule has 2 aliphatic rings. The number of fused-ring (bicyclic) bond motifs is 2. The third kappa shape index (κ3) is 4.05. The topological polar surface area (TPSA) is 64.3 Å². The fraction of sp³-hybridized carbons (Fsp3) is 0.379. The summed E-state index contributed by atoms with van der Waals surface area (Å²) < 4.78 is 1.91. The number of nitrogens with zero attached hydrogens (tertiary/aromatic N) is 4. The van der Waals surface area contributed by atoms with E-state index in [1.54, 1.807) is 17.0 Å². The van der Waals surface area contributed by atoms with Crippen molar-refractivity contribution in [3.63, 3.8) is 0 Å². The summed E-state index contributed by atoms with van der Waals surface area (Å²) in [6.07, 6.45) is 3.31. The molecule has 1 aromatic heterocycles. The first kappa shape index (κ1) is 23.0. The SMILES string of the molecule is CCN(CC)C(=O)Nn1c(C#Cc2ccc(C#N)cc2)c2c3c(cccc31)[C@H]1CCCN(C)[C@@H]1C2. The second-order valence-corrected chi connectivity index (χ2v) is 9.43. The molecule has 1 N–H and O–H groups in total. The van der Waals surface area contributed by atoms with Crippen molar-refractivity contribution in [2.75, 3.05) is 32.1 Å². The molecule has 0 saturated carbocycles. The van der Waals surface area contributed by atoms with Crippen molar-refractivity contribution in [1.29, 1.82) is 5.26 Å². The van der Waals surface area contributed by atoms with Gasteiger partial charge in [-0.1, -0.05) is 18.1 Å². The molecule has 1 aliphatic heterocycles. The zero-order valence-corrected chi connectivity index (χ0v) is 20.6. The number of carbonyl (C=O) groups excluding carboxylic acids is 1. The van der Waals surface area contributed by atoms with Gasteiger partial charge in [0.05, 0.1) is 17.1 Å². The van der Waals surface area contributed by atoms with E-state index >= 15 is 0 Å². The molecular weight excluding hydrogens is 434 g/mol. The lowest BCUT2D eigenvalue weighted by Crippen LogP contribution is -2.44. The van der Waals surface area contributed by atoms with Crippen LogP contribution in [-0.2, 0) is 6.42 Å². The molecule has 5 rings (SSSR count). The largest absolute Gasteiger partial charge is 0.336 e. The number of urea groups is 1. The quantitative estimate of drug-likeness (QED) is 0.573. The van der Waals surface area contributed by atoms with Crippen LogP contribution in [0, 0.1) is 23.2 Å². The fourth-order valence-corrected chi connectivity index (χ4v) is 5.73. The van der Waals surface area contributed by atoms with Gasteiger partial charge in [-0.3, -0.25) is 0 Å². The minimum Gasteiger partial charge on any atom is -0.324 e. The minimum absolute atomic E-state index is 0.126. The van der Waals surface area contributed by atoms with Crippen LogP contribution in [0.3, 0.4) is 0 Å². The molecule has 35 heavy (non-hydrogen) atoms. The van der Waals surface area contributed by atoms with Crippen molar-refractivity contribution < 1.29 is 4.79 Å². The van der Waals surface area contributed by atoms with Crippen LogP contribution in [0.2, 0.25) is 0 Å². The van der Waals surface area contributed by atoms with Crippen LogP contribution in [0.5, 0.6) is 0 Å². The molecule has 2 amide bonds. The number of benzene rings is 2. The van der Waals surface area contributed by atoms with Crippen molar-refractivity contribution in [2.45, 2.75) is 45.1 Å². The van der Waals surface area contributed by atoms with Gasteiger partial charge in [-0.25, -0.2) is 14.9 Å². The first-order chi connectivity index (χ1) is 17.0. The summed E-state index contributed by atoms with van der Waals surface area (Å²) >= 11 is 0. The molecule has 178 valence electrons. The number of nitrogens with one attached hydrogen (secondary N) is 1. The lowest BCUT2D eigenvalue weighted by Gasteiger charge is -2.42. The van der Waals surface area contributed by atoms with Crippen molar-refractivity contribution in [2.24, 2.45) is 0 Å². The molecule has 6 heteroatoms. The molecule has 0 unspecified atom stereocenters. The molecule has 1 fully saturated rings. The van der Waals surface area contributed by atoms with E-state index in [4.69, 9.17) is 5.26 Å². The first-order valence-corrected chi connectivity index (χ1v) is 12.5. The van der Waals surface area contributed by atoms with Crippen LogP contribution >= 0.6 is 0 Å². The van der Waals surface area contributed by atoms with E-state index in [9.17, 15) is 4.79 Å². The van der Waals surface area contributed by atoms with Crippen molar-refractivity contribution in [3.8, 4) is 17.9 Å². The number of nitriles is 1. The molecule has 2 atom stereocenters. The predicted octanol–water partition coefficient (Wildman–Crippen LogP) is 4.65. The van der Waals surface area contributed by atoms with E-state index in [1.165, 1.54) is 29.4 Å². The highest BCUT2D eigenvalue weighted by Crippen LogP contribution is 2.44. The highest BCUT2D eigenvalue weighted by Gasteiger charge is 2.38. The van der Waals surface area contributed by atoms with Crippen molar-refractivity contribution >= 4 is 16.9 Å². The lowest BCUT2D eigenvalue weighted by molar-refractivity contribution is 0.157. The van der Waals surface area contributed by atoms with Crippen molar-refractivity contribution in [3.05, 3.63) is 70.4 Å². The number of aromatic nitrogens is 1. The normalized spacial score (nSPS) is 18.8. The Morgan fingerprint density at radius 2 is 1.86 bits per heavy atom. The number of hydrogen-bond acceptors (Lipinski definition) is 3. The molecule has 1 aliphatic carbocycles. The van der Waals surface area contributed by atoms with Crippen LogP contribution in [0.15, 0.2) is 42.5 Å².